The third kappa shape index (κ3) is 2.85. The monoisotopic (exact) mass is 234 g/mol. The maximum absolute atomic E-state index is 5.73. The molecule has 1 aromatic carbocycles. The summed E-state index contributed by atoms with van der Waals surface area (Å²) in [6.07, 6.45) is 0.176. The van der Waals surface area contributed by atoms with E-state index < -0.39 is 0 Å². The minimum Gasteiger partial charge on any atom is -0.459 e. The van der Waals surface area contributed by atoms with Crippen LogP contribution in [0, 0.1) is 0 Å². The Morgan fingerprint density at radius 3 is 2.76 bits per heavy atom. The number of hydrogen-bond donors (Lipinski definition) is 2. The fourth-order valence-corrected chi connectivity index (χ4v) is 1.68. The molecule has 3 N–H and O–H groups in total. The number of nitrogens with two attached hydrogens (primary N) is 1. The van der Waals surface area contributed by atoms with Crippen LogP contribution in [-0.2, 0) is 4.74 Å². The van der Waals surface area contributed by atoms with Gasteiger partial charge in [0.1, 0.15) is 17.4 Å². The molecule has 0 spiro atoms. The Morgan fingerprint density at radius 2 is 2.12 bits per heavy atom. The predicted molar refractivity (Wildman–Crippen MR) is 67.4 cm³/mol. The second-order valence-corrected chi connectivity index (χ2v) is 4.29. The summed E-state index contributed by atoms with van der Waals surface area (Å²) in [6.45, 7) is 4.48. The van der Waals surface area contributed by atoms with Crippen LogP contribution in [0.3, 0.4) is 0 Å². The second kappa shape index (κ2) is 5.31. The zero-order valence-electron chi connectivity index (χ0n) is 10.1. The Balaban J connectivity index is 2.18. The van der Waals surface area contributed by atoms with E-state index in [2.05, 4.69) is 5.43 Å². The molecular formula is C13H18N2O2. The molecule has 92 valence electrons. The van der Waals surface area contributed by atoms with Gasteiger partial charge in [-0.25, -0.2) is 5.43 Å². The first-order valence-electron chi connectivity index (χ1n) is 5.77. The summed E-state index contributed by atoms with van der Waals surface area (Å²) in [6, 6.07) is 9.76. The fraction of sp³-hybridized carbons (Fsp3) is 0.385. The molecule has 0 aliphatic carbocycles. The first-order valence-corrected chi connectivity index (χ1v) is 5.77. The quantitative estimate of drug-likeness (QED) is 0.616. The van der Waals surface area contributed by atoms with E-state index >= 15 is 0 Å². The molecule has 2 rings (SSSR count). The maximum atomic E-state index is 5.73. The lowest BCUT2D eigenvalue weighted by Gasteiger charge is -2.15. The number of para-hydroxylation sites is 1. The highest BCUT2D eigenvalue weighted by Gasteiger charge is 2.15. The Hall–Kier alpha value is -1.36. The SMILES string of the molecule is CC(C)OCC(NN)c1cc2ccccc2o1. The number of benzene rings is 1. The molecule has 17 heavy (non-hydrogen) atoms. The average molecular weight is 234 g/mol. The van der Waals surface area contributed by atoms with Crippen molar-refractivity contribution < 1.29 is 9.15 Å². The Labute approximate surface area is 101 Å². The van der Waals surface area contributed by atoms with Crippen LogP contribution in [0.4, 0.5) is 0 Å². The molecule has 0 aliphatic heterocycles. The molecule has 0 radical (unpaired) electrons. The zero-order chi connectivity index (χ0) is 12.3. The molecule has 0 aliphatic rings. The number of hydrogen-bond acceptors (Lipinski definition) is 4. The molecule has 1 aromatic heterocycles. The third-order valence-corrected chi connectivity index (χ3v) is 2.59. The van der Waals surface area contributed by atoms with Gasteiger partial charge in [0.05, 0.1) is 12.7 Å². The smallest absolute Gasteiger partial charge is 0.134 e. The number of ether oxygens (including phenoxy) is 1. The van der Waals surface area contributed by atoms with E-state index in [0.717, 1.165) is 16.7 Å². The van der Waals surface area contributed by atoms with E-state index in [1.54, 1.807) is 0 Å². The number of nitrogens with one attached hydrogen (secondary N) is 1. The number of fused-ring (bicyclic) bond motifs is 1. The minimum absolute atomic E-state index is 0.121. The average Bonchev–Trinajstić information content (AvgIpc) is 2.72. The van der Waals surface area contributed by atoms with Crippen molar-refractivity contribution in [2.24, 2.45) is 5.84 Å². The lowest BCUT2D eigenvalue weighted by molar-refractivity contribution is 0.0572. The molecule has 4 nitrogen and oxygen atoms in total. The van der Waals surface area contributed by atoms with Gasteiger partial charge >= 0.3 is 0 Å². The second-order valence-electron chi connectivity index (χ2n) is 4.29. The number of furan rings is 1. The molecular weight excluding hydrogens is 216 g/mol. The van der Waals surface area contributed by atoms with Crippen molar-refractivity contribution in [3.63, 3.8) is 0 Å². The molecule has 4 heteroatoms. The van der Waals surface area contributed by atoms with Gasteiger partial charge in [-0.1, -0.05) is 18.2 Å². The van der Waals surface area contributed by atoms with Gasteiger partial charge in [-0.3, -0.25) is 5.84 Å². The highest BCUT2D eigenvalue weighted by atomic mass is 16.5. The van der Waals surface area contributed by atoms with E-state index in [9.17, 15) is 0 Å². The van der Waals surface area contributed by atoms with Gasteiger partial charge in [0.25, 0.3) is 0 Å². The molecule has 1 unspecified atom stereocenters. The molecule has 0 fully saturated rings. The highest BCUT2D eigenvalue weighted by Crippen LogP contribution is 2.23. The Bertz CT molecular complexity index is 446. The Morgan fingerprint density at radius 1 is 1.35 bits per heavy atom. The van der Waals surface area contributed by atoms with E-state index in [1.165, 1.54) is 0 Å². The lowest BCUT2D eigenvalue weighted by Crippen LogP contribution is -2.31. The summed E-state index contributed by atoms with van der Waals surface area (Å²) in [5.74, 6) is 6.32. The van der Waals surface area contributed by atoms with Crippen molar-refractivity contribution in [1.82, 2.24) is 5.43 Å². The van der Waals surface area contributed by atoms with E-state index in [-0.39, 0.29) is 12.1 Å². The van der Waals surface area contributed by atoms with E-state index in [0.29, 0.717) is 6.61 Å². The van der Waals surface area contributed by atoms with Gasteiger partial charge < -0.3 is 9.15 Å². The number of rotatable bonds is 5. The van der Waals surface area contributed by atoms with Crippen LogP contribution in [-0.4, -0.2) is 12.7 Å². The van der Waals surface area contributed by atoms with Crippen molar-refractivity contribution in [2.75, 3.05) is 6.61 Å². The van der Waals surface area contributed by atoms with Crippen molar-refractivity contribution in [1.29, 1.82) is 0 Å². The molecule has 1 atom stereocenters. The van der Waals surface area contributed by atoms with Gasteiger partial charge in [0, 0.05) is 5.39 Å². The normalized spacial score (nSPS) is 13.4. The summed E-state index contributed by atoms with van der Waals surface area (Å²) in [4.78, 5) is 0. The van der Waals surface area contributed by atoms with Crippen LogP contribution in [0.2, 0.25) is 0 Å². The summed E-state index contributed by atoms with van der Waals surface area (Å²) >= 11 is 0. The standard InChI is InChI=1S/C13H18N2O2/c1-9(2)16-8-11(15-14)13-7-10-5-3-4-6-12(10)17-13/h3-7,9,11,15H,8,14H2,1-2H3. The molecule has 0 bridgehead atoms. The lowest BCUT2D eigenvalue weighted by atomic mass is 10.2. The predicted octanol–water partition coefficient (Wildman–Crippen LogP) is 2.36. The van der Waals surface area contributed by atoms with Crippen LogP contribution in [0.25, 0.3) is 11.0 Å². The molecule has 0 amide bonds. The maximum Gasteiger partial charge on any atom is 0.134 e. The topological polar surface area (TPSA) is 60.4 Å². The van der Waals surface area contributed by atoms with E-state index in [1.807, 2.05) is 44.2 Å². The van der Waals surface area contributed by atoms with E-state index in [4.69, 9.17) is 15.0 Å². The summed E-state index contributed by atoms with van der Waals surface area (Å²) in [5, 5.41) is 1.08. The number of hydrazine groups is 1. The van der Waals surface area contributed by atoms with Crippen LogP contribution in [0.1, 0.15) is 25.6 Å². The van der Waals surface area contributed by atoms with Gasteiger partial charge in [0.15, 0.2) is 0 Å². The zero-order valence-corrected chi connectivity index (χ0v) is 10.1. The van der Waals surface area contributed by atoms with Crippen molar-refractivity contribution >= 4 is 11.0 Å². The molecule has 1 heterocycles. The largest absolute Gasteiger partial charge is 0.459 e. The first kappa shape index (κ1) is 12.1. The third-order valence-electron chi connectivity index (χ3n) is 2.59. The van der Waals surface area contributed by atoms with Gasteiger partial charge in [-0.15, -0.1) is 0 Å². The van der Waals surface area contributed by atoms with Gasteiger partial charge in [-0.05, 0) is 26.0 Å². The van der Waals surface area contributed by atoms with Gasteiger partial charge in [-0.2, -0.15) is 0 Å². The van der Waals surface area contributed by atoms with Gasteiger partial charge in [0.2, 0.25) is 0 Å². The highest BCUT2D eigenvalue weighted by molar-refractivity contribution is 5.77. The van der Waals surface area contributed by atoms with Crippen molar-refractivity contribution in [3.05, 3.63) is 36.1 Å². The fourth-order valence-electron chi connectivity index (χ4n) is 1.68. The molecule has 0 saturated carbocycles. The van der Waals surface area contributed by atoms with Crippen LogP contribution in [0.15, 0.2) is 34.7 Å². The summed E-state index contributed by atoms with van der Waals surface area (Å²) in [7, 11) is 0. The van der Waals surface area contributed by atoms with Crippen LogP contribution in [0.5, 0.6) is 0 Å². The van der Waals surface area contributed by atoms with Crippen molar-refractivity contribution in [2.45, 2.75) is 26.0 Å². The molecule has 2 aromatic rings. The minimum atomic E-state index is -0.121. The van der Waals surface area contributed by atoms with Crippen LogP contribution < -0.4 is 11.3 Å². The van der Waals surface area contributed by atoms with Crippen molar-refractivity contribution in [3.8, 4) is 0 Å². The Kier molecular flexibility index (Phi) is 3.78. The molecule has 0 saturated heterocycles. The van der Waals surface area contributed by atoms with Crippen LogP contribution >= 0.6 is 0 Å². The summed E-state index contributed by atoms with van der Waals surface area (Å²) < 4.78 is 11.3. The summed E-state index contributed by atoms with van der Waals surface area (Å²) in [5.41, 5.74) is 3.58. The first-order chi connectivity index (χ1) is 8.20.